The zero-order valence-corrected chi connectivity index (χ0v) is 10.9. The zero-order valence-electron chi connectivity index (χ0n) is 10.9. The van der Waals surface area contributed by atoms with Crippen LogP contribution in [0.2, 0.25) is 0 Å². The third-order valence-corrected chi connectivity index (χ3v) is 2.28. The van der Waals surface area contributed by atoms with Crippen molar-refractivity contribution in [3.05, 3.63) is 35.9 Å². The highest BCUT2D eigenvalue weighted by atomic mass is 16.7. The van der Waals surface area contributed by atoms with Crippen molar-refractivity contribution in [2.75, 3.05) is 27.1 Å². The molecule has 0 radical (unpaired) electrons. The topological polar surface area (TPSA) is 77.0 Å². The number of hydrogen-bond acceptors (Lipinski definition) is 5. The van der Waals surface area contributed by atoms with Gasteiger partial charge in [-0.05, 0) is 5.56 Å². The predicted octanol–water partition coefficient (Wildman–Crippen LogP) is 0.894. The Kier molecular flexibility index (Phi) is 7.57. The number of methoxy groups -OCH3 is 1. The van der Waals surface area contributed by atoms with E-state index in [0.717, 1.165) is 5.56 Å². The molecule has 0 aliphatic rings. The lowest BCUT2D eigenvalue weighted by Gasteiger charge is -2.16. The van der Waals surface area contributed by atoms with Gasteiger partial charge in [0.1, 0.15) is 13.4 Å². The molecular formula is C13H19NO5. The molecule has 1 rings (SSSR count). The van der Waals surface area contributed by atoms with Crippen molar-refractivity contribution in [2.24, 2.45) is 0 Å². The zero-order chi connectivity index (χ0) is 13.9. The van der Waals surface area contributed by atoms with E-state index in [1.165, 1.54) is 7.11 Å². The molecule has 0 bridgehead atoms. The molecule has 0 aromatic heterocycles. The number of amides is 1. The van der Waals surface area contributed by atoms with Crippen molar-refractivity contribution in [1.82, 2.24) is 5.32 Å². The molecule has 1 atom stereocenters. The summed E-state index contributed by atoms with van der Waals surface area (Å²) in [6.45, 7) is 0.218. The molecule has 0 heterocycles. The number of rotatable bonds is 8. The van der Waals surface area contributed by atoms with Gasteiger partial charge >= 0.3 is 6.09 Å². The largest absolute Gasteiger partial charge is 0.445 e. The van der Waals surface area contributed by atoms with E-state index < -0.39 is 12.1 Å². The molecule has 0 fully saturated rings. The smallest absolute Gasteiger partial charge is 0.407 e. The van der Waals surface area contributed by atoms with E-state index in [-0.39, 0.29) is 26.6 Å². The summed E-state index contributed by atoms with van der Waals surface area (Å²) in [5, 5.41) is 11.6. The van der Waals surface area contributed by atoms with E-state index in [2.05, 4.69) is 5.32 Å². The molecule has 0 unspecified atom stereocenters. The molecule has 0 aliphatic carbocycles. The fraction of sp³-hybridized carbons (Fsp3) is 0.462. The highest BCUT2D eigenvalue weighted by Gasteiger charge is 2.12. The van der Waals surface area contributed by atoms with Crippen LogP contribution in [0.1, 0.15) is 5.56 Å². The van der Waals surface area contributed by atoms with Gasteiger partial charge in [0.25, 0.3) is 0 Å². The number of carbonyl (C=O) groups excluding carboxylic acids is 1. The maximum absolute atomic E-state index is 11.5. The summed E-state index contributed by atoms with van der Waals surface area (Å²) < 4.78 is 14.8. The fourth-order valence-corrected chi connectivity index (χ4v) is 1.35. The van der Waals surface area contributed by atoms with Crippen LogP contribution in [0.3, 0.4) is 0 Å². The predicted molar refractivity (Wildman–Crippen MR) is 68.5 cm³/mol. The number of nitrogens with one attached hydrogen (secondary N) is 1. The molecule has 0 saturated carbocycles. The van der Waals surface area contributed by atoms with Crippen LogP contribution in [0.15, 0.2) is 30.3 Å². The third kappa shape index (κ3) is 6.76. The maximum Gasteiger partial charge on any atom is 0.407 e. The first-order valence-electron chi connectivity index (χ1n) is 5.91. The second-order valence-electron chi connectivity index (χ2n) is 3.86. The van der Waals surface area contributed by atoms with Crippen LogP contribution in [0.25, 0.3) is 0 Å². The molecule has 0 aliphatic heterocycles. The van der Waals surface area contributed by atoms with Crippen LogP contribution in [0.4, 0.5) is 4.79 Å². The van der Waals surface area contributed by atoms with E-state index in [1.54, 1.807) is 0 Å². The Morgan fingerprint density at radius 3 is 2.74 bits per heavy atom. The first-order chi connectivity index (χ1) is 9.26. The SMILES string of the molecule is COCOC[C@H](CO)NC(=O)OCc1ccccc1. The lowest BCUT2D eigenvalue weighted by atomic mass is 10.2. The molecule has 6 heteroatoms. The van der Waals surface area contributed by atoms with Gasteiger partial charge in [-0.25, -0.2) is 4.79 Å². The van der Waals surface area contributed by atoms with E-state index in [4.69, 9.17) is 19.3 Å². The van der Waals surface area contributed by atoms with Gasteiger partial charge in [0.15, 0.2) is 0 Å². The van der Waals surface area contributed by atoms with Crippen LogP contribution in [-0.2, 0) is 20.8 Å². The fourth-order valence-electron chi connectivity index (χ4n) is 1.35. The normalized spacial score (nSPS) is 11.9. The van der Waals surface area contributed by atoms with Gasteiger partial charge < -0.3 is 24.6 Å². The van der Waals surface area contributed by atoms with Crippen molar-refractivity contribution in [1.29, 1.82) is 0 Å². The quantitative estimate of drug-likeness (QED) is 0.541. The van der Waals surface area contributed by atoms with E-state index >= 15 is 0 Å². The van der Waals surface area contributed by atoms with Crippen LogP contribution in [-0.4, -0.2) is 44.4 Å². The number of alkyl carbamates (subject to hydrolysis) is 1. The maximum atomic E-state index is 11.5. The Bertz CT molecular complexity index is 357. The van der Waals surface area contributed by atoms with Gasteiger partial charge in [0.2, 0.25) is 0 Å². The third-order valence-electron chi connectivity index (χ3n) is 2.28. The molecule has 0 spiro atoms. The summed E-state index contributed by atoms with van der Waals surface area (Å²) in [4.78, 5) is 11.5. The number of hydrogen-bond donors (Lipinski definition) is 2. The molecule has 1 aromatic rings. The lowest BCUT2D eigenvalue weighted by molar-refractivity contribution is -0.0420. The van der Waals surface area contributed by atoms with Gasteiger partial charge in [-0.15, -0.1) is 0 Å². The van der Waals surface area contributed by atoms with Crippen LogP contribution in [0, 0.1) is 0 Å². The minimum atomic E-state index is -0.594. The summed E-state index contributed by atoms with van der Waals surface area (Å²) in [7, 11) is 1.50. The number of benzene rings is 1. The molecule has 1 aromatic carbocycles. The summed E-state index contributed by atoms with van der Waals surface area (Å²) in [6.07, 6.45) is -0.594. The highest BCUT2D eigenvalue weighted by Crippen LogP contribution is 2.00. The second kappa shape index (κ2) is 9.32. The van der Waals surface area contributed by atoms with Crippen molar-refractivity contribution in [2.45, 2.75) is 12.6 Å². The van der Waals surface area contributed by atoms with Gasteiger partial charge in [0, 0.05) is 7.11 Å². The van der Waals surface area contributed by atoms with Crippen molar-refractivity contribution in [3.8, 4) is 0 Å². The number of ether oxygens (including phenoxy) is 3. The molecular weight excluding hydrogens is 250 g/mol. The average Bonchev–Trinajstić information content (AvgIpc) is 2.45. The number of aliphatic hydroxyl groups excluding tert-OH is 1. The standard InChI is InChI=1S/C13H19NO5/c1-17-10-18-9-12(7-15)14-13(16)19-8-11-5-3-2-4-6-11/h2-6,12,15H,7-10H2,1H3,(H,14,16)/t12-/m0/s1. The van der Waals surface area contributed by atoms with Crippen LogP contribution < -0.4 is 5.32 Å². The van der Waals surface area contributed by atoms with Gasteiger partial charge in [-0.2, -0.15) is 0 Å². The minimum absolute atomic E-state index is 0.108. The van der Waals surface area contributed by atoms with E-state index in [0.29, 0.717) is 0 Å². The van der Waals surface area contributed by atoms with Crippen LogP contribution >= 0.6 is 0 Å². The van der Waals surface area contributed by atoms with Gasteiger partial charge in [0.05, 0.1) is 19.3 Å². The molecule has 0 saturated heterocycles. The Labute approximate surface area is 112 Å². The second-order valence-corrected chi connectivity index (χ2v) is 3.86. The molecule has 19 heavy (non-hydrogen) atoms. The Morgan fingerprint density at radius 1 is 1.37 bits per heavy atom. The highest BCUT2D eigenvalue weighted by molar-refractivity contribution is 5.67. The van der Waals surface area contributed by atoms with E-state index in [9.17, 15) is 4.79 Å². The first kappa shape index (κ1) is 15.4. The van der Waals surface area contributed by atoms with E-state index in [1.807, 2.05) is 30.3 Å². The molecule has 106 valence electrons. The van der Waals surface area contributed by atoms with Gasteiger partial charge in [-0.3, -0.25) is 0 Å². The molecule has 6 nitrogen and oxygen atoms in total. The van der Waals surface area contributed by atoms with Crippen molar-refractivity contribution in [3.63, 3.8) is 0 Å². The number of aliphatic hydroxyl groups is 1. The monoisotopic (exact) mass is 269 g/mol. The average molecular weight is 269 g/mol. The Hall–Kier alpha value is -1.63. The molecule has 2 N–H and O–H groups in total. The summed E-state index contributed by atoms with van der Waals surface area (Å²) >= 11 is 0. The first-order valence-corrected chi connectivity index (χ1v) is 5.91. The lowest BCUT2D eigenvalue weighted by Crippen LogP contribution is -2.41. The van der Waals surface area contributed by atoms with Crippen molar-refractivity contribution >= 4 is 6.09 Å². The Balaban J connectivity index is 2.25. The van der Waals surface area contributed by atoms with Crippen LogP contribution in [0.5, 0.6) is 0 Å². The summed E-state index contributed by atoms with van der Waals surface area (Å²) in [5.74, 6) is 0. The number of carbonyl (C=O) groups is 1. The van der Waals surface area contributed by atoms with Crippen molar-refractivity contribution < 1.29 is 24.1 Å². The molecule has 1 amide bonds. The minimum Gasteiger partial charge on any atom is -0.445 e. The Morgan fingerprint density at radius 2 is 2.11 bits per heavy atom. The van der Waals surface area contributed by atoms with Gasteiger partial charge in [-0.1, -0.05) is 30.3 Å². The summed E-state index contributed by atoms with van der Waals surface area (Å²) in [6, 6.07) is 8.82. The summed E-state index contributed by atoms with van der Waals surface area (Å²) in [5.41, 5.74) is 0.897.